The lowest BCUT2D eigenvalue weighted by Gasteiger charge is -2.28. The predicted octanol–water partition coefficient (Wildman–Crippen LogP) is 4.94. The fourth-order valence-electron chi connectivity index (χ4n) is 3.86. The van der Waals surface area contributed by atoms with E-state index in [1.165, 1.54) is 12.3 Å². The highest BCUT2D eigenvalue weighted by atomic mass is 19.4. The van der Waals surface area contributed by atoms with Gasteiger partial charge in [0.15, 0.2) is 5.69 Å². The van der Waals surface area contributed by atoms with Crippen LogP contribution >= 0.6 is 0 Å². The van der Waals surface area contributed by atoms with Crippen molar-refractivity contribution >= 4 is 5.97 Å². The van der Waals surface area contributed by atoms with E-state index in [0.29, 0.717) is 23.8 Å². The molecule has 0 atom stereocenters. The van der Waals surface area contributed by atoms with Crippen LogP contribution in [0.1, 0.15) is 53.5 Å². The smallest absolute Gasteiger partial charge is 0.432 e. The first-order valence-electron chi connectivity index (χ1n) is 10.2. The molecule has 0 amide bonds. The predicted molar refractivity (Wildman–Crippen MR) is 108 cm³/mol. The molecule has 1 fully saturated rings. The van der Waals surface area contributed by atoms with Crippen molar-refractivity contribution in [3.05, 3.63) is 59.9 Å². The summed E-state index contributed by atoms with van der Waals surface area (Å²) in [6.45, 7) is 0.502. The van der Waals surface area contributed by atoms with Crippen molar-refractivity contribution < 1.29 is 27.8 Å². The highest BCUT2D eigenvalue weighted by Crippen LogP contribution is 2.36. The van der Waals surface area contributed by atoms with Crippen molar-refractivity contribution in [2.24, 2.45) is 5.92 Å². The molecule has 0 aliphatic heterocycles. The molecule has 10 heteroatoms. The molecule has 4 rings (SSSR count). The molecule has 3 heterocycles. The Morgan fingerprint density at radius 3 is 2.50 bits per heavy atom. The zero-order valence-electron chi connectivity index (χ0n) is 17.0. The number of alkyl halides is 3. The molecule has 7 nitrogen and oxygen atoms in total. The van der Waals surface area contributed by atoms with E-state index >= 15 is 0 Å². The van der Waals surface area contributed by atoms with Crippen LogP contribution in [0.3, 0.4) is 0 Å². The lowest BCUT2D eigenvalue weighted by molar-refractivity contribution is -0.140. The topological polar surface area (TPSA) is 101 Å². The molecule has 32 heavy (non-hydrogen) atoms. The normalized spacial score (nSPS) is 19.0. The van der Waals surface area contributed by atoms with E-state index in [9.17, 15) is 18.0 Å². The number of hydrogen-bond donors (Lipinski definition) is 2. The van der Waals surface area contributed by atoms with Gasteiger partial charge in [0.25, 0.3) is 0 Å². The average molecular weight is 446 g/mol. The molecular weight excluding hydrogens is 425 g/mol. The highest BCUT2D eigenvalue weighted by Gasteiger charge is 2.33. The molecule has 0 radical (unpaired) electrons. The third-order valence-electron chi connectivity index (χ3n) is 5.64. The number of hydrogen-bond acceptors (Lipinski definition) is 5. The van der Waals surface area contributed by atoms with Gasteiger partial charge in [-0.2, -0.15) is 13.2 Å². The number of aromatic amines is 1. The Labute approximate surface area is 181 Å². The molecule has 1 aliphatic rings. The Morgan fingerprint density at radius 2 is 1.88 bits per heavy atom. The summed E-state index contributed by atoms with van der Waals surface area (Å²) in [6.07, 6.45) is 3.02. The fourth-order valence-corrected chi connectivity index (χ4v) is 3.86. The summed E-state index contributed by atoms with van der Waals surface area (Å²) in [4.78, 5) is 25.3. The summed E-state index contributed by atoms with van der Waals surface area (Å²) in [5, 5.41) is 9.00. The minimum Gasteiger partial charge on any atom is -0.493 e. The van der Waals surface area contributed by atoms with E-state index < -0.39 is 17.8 Å². The molecular formula is C22H21F3N4O3. The number of carboxylic acid groups (broad SMARTS) is 1. The van der Waals surface area contributed by atoms with Crippen LogP contribution in [0.25, 0.3) is 11.4 Å². The second-order valence-electron chi connectivity index (χ2n) is 7.83. The third-order valence-corrected chi connectivity index (χ3v) is 5.64. The lowest BCUT2D eigenvalue weighted by atomic mass is 9.80. The number of halogens is 3. The van der Waals surface area contributed by atoms with E-state index in [2.05, 4.69) is 19.9 Å². The molecule has 168 valence electrons. The number of carbonyl (C=O) groups is 1. The molecule has 3 aromatic rings. The quantitative estimate of drug-likeness (QED) is 0.556. The average Bonchev–Trinajstić information content (AvgIpc) is 3.29. The Balaban J connectivity index is 1.30. The minimum atomic E-state index is -4.46. The molecule has 1 saturated carbocycles. The van der Waals surface area contributed by atoms with E-state index in [1.54, 1.807) is 18.3 Å². The number of pyridine rings is 2. The van der Waals surface area contributed by atoms with Crippen molar-refractivity contribution in [3.63, 3.8) is 0 Å². The van der Waals surface area contributed by atoms with Gasteiger partial charge in [0, 0.05) is 35.6 Å². The van der Waals surface area contributed by atoms with Crippen molar-refractivity contribution in [1.82, 2.24) is 19.9 Å². The van der Waals surface area contributed by atoms with Gasteiger partial charge < -0.3 is 14.8 Å². The first kappa shape index (κ1) is 21.8. The number of ether oxygens (including phenoxy) is 1. The number of carboxylic acids is 1. The van der Waals surface area contributed by atoms with Crippen molar-refractivity contribution in [3.8, 4) is 17.1 Å². The molecule has 0 aromatic carbocycles. The first-order chi connectivity index (χ1) is 15.3. The van der Waals surface area contributed by atoms with Crippen molar-refractivity contribution in [1.29, 1.82) is 0 Å². The van der Waals surface area contributed by atoms with Gasteiger partial charge in [-0.15, -0.1) is 0 Å². The number of aromatic nitrogens is 4. The maximum Gasteiger partial charge on any atom is 0.432 e. The fraction of sp³-hybridized carbons (Fsp3) is 0.364. The van der Waals surface area contributed by atoms with Gasteiger partial charge in [0.05, 0.1) is 12.8 Å². The zero-order chi connectivity index (χ0) is 22.7. The van der Waals surface area contributed by atoms with E-state index in [0.717, 1.165) is 37.6 Å². The highest BCUT2D eigenvalue weighted by molar-refractivity contribution is 5.85. The van der Waals surface area contributed by atoms with Gasteiger partial charge in [-0.25, -0.2) is 14.8 Å². The van der Waals surface area contributed by atoms with Crippen LogP contribution in [0, 0.1) is 5.92 Å². The van der Waals surface area contributed by atoms with Gasteiger partial charge in [-0.1, -0.05) is 0 Å². The second kappa shape index (κ2) is 8.97. The standard InChI is InChI=1S/C22H21F3N4O3/c23-22(24,25)19-11-28-20(29-19)15-5-6-17(27-10-15)14-3-1-13(2-4-14)12-32-16-7-8-26-18(9-16)21(30)31/h5-11,13-14H,1-4,12H2,(H,28,29)(H,30,31). The van der Waals surface area contributed by atoms with Crippen molar-refractivity contribution in [2.45, 2.75) is 37.8 Å². The number of imidazole rings is 1. The molecule has 0 spiro atoms. The summed E-state index contributed by atoms with van der Waals surface area (Å²) in [7, 11) is 0. The Bertz CT molecular complexity index is 1070. The summed E-state index contributed by atoms with van der Waals surface area (Å²) < 4.78 is 44.0. The maximum absolute atomic E-state index is 12.7. The number of nitrogens with one attached hydrogen (secondary N) is 1. The molecule has 2 N–H and O–H groups in total. The van der Waals surface area contributed by atoms with Crippen LogP contribution in [-0.4, -0.2) is 37.6 Å². The van der Waals surface area contributed by atoms with Gasteiger partial charge in [0.2, 0.25) is 0 Å². The number of nitrogens with zero attached hydrogens (tertiary/aromatic N) is 3. The number of rotatable bonds is 6. The van der Waals surface area contributed by atoms with E-state index in [4.69, 9.17) is 9.84 Å². The summed E-state index contributed by atoms with van der Waals surface area (Å²) in [5.41, 5.74) is 0.480. The van der Waals surface area contributed by atoms with Crippen LogP contribution in [0.5, 0.6) is 5.75 Å². The van der Waals surface area contributed by atoms with Gasteiger partial charge in [-0.3, -0.25) is 4.98 Å². The van der Waals surface area contributed by atoms with Gasteiger partial charge in [-0.05, 0) is 49.8 Å². The third kappa shape index (κ3) is 5.06. The van der Waals surface area contributed by atoms with Crippen LogP contribution < -0.4 is 4.74 Å². The SMILES string of the molecule is O=C(O)c1cc(OCC2CCC(c3ccc(-c4ncc(C(F)(F)F)[nH]4)cn3)CC2)ccn1. The summed E-state index contributed by atoms with van der Waals surface area (Å²) in [6, 6.07) is 6.63. The van der Waals surface area contributed by atoms with Crippen LogP contribution in [-0.2, 0) is 6.18 Å². The van der Waals surface area contributed by atoms with Gasteiger partial charge >= 0.3 is 12.1 Å². The Hall–Kier alpha value is -3.43. The summed E-state index contributed by atoms with van der Waals surface area (Å²) in [5.74, 6) is 0.170. The molecule has 0 saturated heterocycles. The minimum absolute atomic E-state index is 0.0510. The monoisotopic (exact) mass is 446 g/mol. The Morgan fingerprint density at radius 1 is 1.09 bits per heavy atom. The second-order valence-corrected chi connectivity index (χ2v) is 7.83. The van der Waals surface area contributed by atoms with E-state index in [1.807, 2.05) is 6.07 Å². The Kier molecular flexibility index (Phi) is 6.11. The molecule has 1 aliphatic carbocycles. The molecule has 3 aromatic heterocycles. The zero-order valence-corrected chi connectivity index (χ0v) is 17.0. The number of aromatic carboxylic acids is 1. The van der Waals surface area contributed by atoms with Gasteiger partial charge in [0.1, 0.15) is 17.3 Å². The first-order valence-corrected chi connectivity index (χ1v) is 10.2. The van der Waals surface area contributed by atoms with Crippen LogP contribution in [0.15, 0.2) is 42.9 Å². The number of H-pyrrole nitrogens is 1. The maximum atomic E-state index is 12.7. The largest absolute Gasteiger partial charge is 0.493 e. The van der Waals surface area contributed by atoms with E-state index in [-0.39, 0.29) is 17.4 Å². The van der Waals surface area contributed by atoms with Crippen molar-refractivity contribution in [2.75, 3.05) is 6.61 Å². The van der Waals surface area contributed by atoms with Crippen LogP contribution in [0.4, 0.5) is 13.2 Å². The molecule has 0 unspecified atom stereocenters. The summed E-state index contributed by atoms with van der Waals surface area (Å²) >= 11 is 0. The molecule has 0 bridgehead atoms. The van der Waals surface area contributed by atoms with Crippen LogP contribution in [0.2, 0.25) is 0 Å². The lowest BCUT2D eigenvalue weighted by Crippen LogP contribution is -2.20.